The standard InChI is InChI=1S/C33H51N5O6/c1-21-18-24(19-26-28(21)22(2)34-37(26)14-11-17-42-10)23(3)38(25-12-13-25)29(39)27-20-35(30(40)43-32(4,5)6)15-16-36(27)31(41)44-33(7,8)9/h18-19,23,25,27H,11-17,20H2,1-10H3/t23-,27-/m1/s1. The van der Waals surface area contributed by atoms with Gasteiger partial charge >= 0.3 is 12.2 Å². The lowest BCUT2D eigenvalue weighted by molar-refractivity contribution is -0.142. The van der Waals surface area contributed by atoms with E-state index in [0.29, 0.717) is 6.61 Å². The number of ether oxygens (including phenoxy) is 3. The zero-order valence-electron chi connectivity index (χ0n) is 28.2. The highest BCUT2D eigenvalue weighted by Gasteiger charge is 2.46. The van der Waals surface area contributed by atoms with Gasteiger partial charge in [0, 0.05) is 44.8 Å². The van der Waals surface area contributed by atoms with E-state index in [-0.39, 0.29) is 37.6 Å². The SMILES string of the molecule is COCCCn1nc(C)c2c(C)cc([C@@H](C)N(C(=O)[C@H]3CN(C(=O)OC(C)(C)C)CCN3C(=O)OC(C)(C)C)C3CC3)cc21. The summed E-state index contributed by atoms with van der Waals surface area (Å²) in [6.07, 6.45) is 1.56. The summed E-state index contributed by atoms with van der Waals surface area (Å²) in [5, 5.41) is 5.93. The molecule has 3 amide bonds. The number of hydrogen-bond donors (Lipinski definition) is 0. The van der Waals surface area contributed by atoms with Crippen LogP contribution in [-0.4, -0.2) is 99.2 Å². The first-order valence-corrected chi connectivity index (χ1v) is 15.8. The molecular weight excluding hydrogens is 562 g/mol. The van der Waals surface area contributed by atoms with Crippen LogP contribution in [0.1, 0.15) is 90.6 Å². The molecule has 2 atom stereocenters. The van der Waals surface area contributed by atoms with Crippen LogP contribution >= 0.6 is 0 Å². The predicted octanol–water partition coefficient (Wildman–Crippen LogP) is 5.60. The Morgan fingerprint density at radius 2 is 1.64 bits per heavy atom. The lowest BCUT2D eigenvalue weighted by Gasteiger charge is -2.43. The molecule has 11 heteroatoms. The third-order valence-electron chi connectivity index (χ3n) is 8.01. The zero-order valence-corrected chi connectivity index (χ0v) is 28.2. The number of benzene rings is 1. The maximum atomic E-state index is 14.6. The van der Waals surface area contributed by atoms with E-state index < -0.39 is 29.4 Å². The molecule has 0 radical (unpaired) electrons. The number of aromatic nitrogens is 2. The van der Waals surface area contributed by atoms with Crippen LogP contribution in [0.25, 0.3) is 10.9 Å². The molecule has 1 aromatic carbocycles. The fourth-order valence-corrected chi connectivity index (χ4v) is 5.92. The normalized spacial score (nSPS) is 18.4. The van der Waals surface area contributed by atoms with Gasteiger partial charge in [-0.15, -0.1) is 0 Å². The van der Waals surface area contributed by atoms with E-state index in [0.717, 1.165) is 53.5 Å². The van der Waals surface area contributed by atoms with Gasteiger partial charge in [-0.25, -0.2) is 9.59 Å². The fourth-order valence-electron chi connectivity index (χ4n) is 5.92. The lowest BCUT2D eigenvalue weighted by atomic mass is 9.99. The molecule has 2 aromatic rings. The van der Waals surface area contributed by atoms with Crippen molar-refractivity contribution in [1.29, 1.82) is 0 Å². The molecule has 2 aliphatic rings. The average molecular weight is 614 g/mol. The Labute approximate surface area is 261 Å². The van der Waals surface area contributed by atoms with Gasteiger partial charge in [-0.3, -0.25) is 14.4 Å². The lowest BCUT2D eigenvalue weighted by Crippen LogP contribution is -2.63. The van der Waals surface area contributed by atoms with Crippen LogP contribution in [0.4, 0.5) is 9.59 Å². The van der Waals surface area contributed by atoms with E-state index in [1.807, 2.05) is 44.2 Å². The number of nitrogens with zero attached hydrogens (tertiary/aromatic N) is 5. The average Bonchev–Trinajstić information content (AvgIpc) is 3.69. The zero-order chi connectivity index (χ0) is 32.6. The summed E-state index contributed by atoms with van der Waals surface area (Å²) in [5.74, 6) is -0.193. The summed E-state index contributed by atoms with van der Waals surface area (Å²) in [7, 11) is 1.70. The maximum Gasteiger partial charge on any atom is 0.411 e. The van der Waals surface area contributed by atoms with Crippen molar-refractivity contribution in [3.05, 3.63) is 29.0 Å². The van der Waals surface area contributed by atoms with Crippen molar-refractivity contribution in [2.24, 2.45) is 0 Å². The summed E-state index contributed by atoms with van der Waals surface area (Å²) in [5.41, 5.74) is 2.71. The van der Waals surface area contributed by atoms with Crippen molar-refractivity contribution in [3.63, 3.8) is 0 Å². The van der Waals surface area contributed by atoms with Crippen LogP contribution in [0.5, 0.6) is 0 Å². The molecule has 1 aliphatic heterocycles. The number of methoxy groups -OCH3 is 1. The number of aryl methyl sites for hydroxylation is 3. The molecule has 0 bridgehead atoms. The predicted molar refractivity (Wildman–Crippen MR) is 169 cm³/mol. The third kappa shape index (κ3) is 7.83. The molecule has 1 aromatic heterocycles. The molecule has 0 unspecified atom stereocenters. The molecule has 1 aliphatic carbocycles. The summed E-state index contributed by atoms with van der Waals surface area (Å²) >= 11 is 0. The molecule has 44 heavy (non-hydrogen) atoms. The second-order valence-corrected chi connectivity index (χ2v) is 14.2. The number of rotatable bonds is 8. The van der Waals surface area contributed by atoms with Crippen LogP contribution in [0.15, 0.2) is 12.1 Å². The van der Waals surface area contributed by atoms with Gasteiger partial charge in [-0.2, -0.15) is 5.10 Å². The van der Waals surface area contributed by atoms with Crippen LogP contribution in [-0.2, 0) is 25.5 Å². The maximum absolute atomic E-state index is 14.6. The molecule has 2 heterocycles. The minimum Gasteiger partial charge on any atom is -0.444 e. The van der Waals surface area contributed by atoms with Crippen molar-refractivity contribution in [3.8, 4) is 0 Å². The molecule has 244 valence electrons. The van der Waals surface area contributed by atoms with Crippen LogP contribution in [0.2, 0.25) is 0 Å². The van der Waals surface area contributed by atoms with Gasteiger partial charge in [0.05, 0.1) is 23.8 Å². The largest absolute Gasteiger partial charge is 0.444 e. The minimum atomic E-state index is -0.902. The Morgan fingerprint density at radius 3 is 2.23 bits per heavy atom. The van der Waals surface area contributed by atoms with Crippen molar-refractivity contribution < 1.29 is 28.6 Å². The van der Waals surface area contributed by atoms with Gasteiger partial charge in [0.1, 0.15) is 17.2 Å². The summed E-state index contributed by atoms with van der Waals surface area (Å²) in [6.45, 7) is 18.8. The third-order valence-corrected chi connectivity index (χ3v) is 8.01. The van der Waals surface area contributed by atoms with E-state index in [1.54, 1.807) is 27.9 Å². The summed E-state index contributed by atoms with van der Waals surface area (Å²) < 4.78 is 18.6. The Kier molecular flexibility index (Phi) is 9.87. The van der Waals surface area contributed by atoms with E-state index >= 15 is 0 Å². The van der Waals surface area contributed by atoms with Gasteiger partial charge in [0.15, 0.2) is 0 Å². The molecule has 4 rings (SSSR count). The minimum absolute atomic E-state index is 0.0342. The van der Waals surface area contributed by atoms with Crippen molar-refractivity contribution in [2.45, 2.75) is 117 Å². The first-order chi connectivity index (χ1) is 20.5. The van der Waals surface area contributed by atoms with E-state index in [2.05, 4.69) is 19.1 Å². The molecule has 2 fully saturated rings. The van der Waals surface area contributed by atoms with Gasteiger partial charge in [-0.05, 0) is 98.8 Å². The Balaban J connectivity index is 1.68. The molecule has 1 saturated carbocycles. The van der Waals surface area contributed by atoms with E-state index in [1.165, 1.54) is 9.80 Å². The van der Waals surface area contributed by atoms with Crippen LogP contribution < -0.4 is 0 Å². The topological polar surface area (TPSA) is 106 Å². The Hall–Kier alpha value is -3.34. The number of piperazine rings is 1. The van der Waals surface area contributed by atoms with Crippen LogP contribution in [0, 0.1) is 13.8 Å². The molecule has 11 nitrogen and oxygen atoms in total. The smallest absolute Gasteiger partial charge is 0.411 e. The highest BCUT2D eigenvalue weighted by atomic mass is 16.6. The fraction of sp³-hybridized carbons (Fsp3) is 0.697. The first kappa shape index (κ1) is 33.6. The van der Waals surface area contributed by atoms with E-state index in [4.69, 9.17) is 19.3 Å². The number of fused-ring (bicyclic) bond motifs is 1. The molecular formula is C33H51N5O6. The van der Waals surface area contributed by atoms with Gasteiger partial charge < -0.3 is 24.0 Å². The summed E-state index contributed by atoms with van der Waals surface area (Å²) in [4.78, 5) is 46.0. The molecule has 1 saturated heterocycles. The Bertz CT molecular complexity index is 1370. The molecule has 0 N–H and O–H groups in total. The highest BCUT2D eigenvalue weighted by Crippen LogP contribution is 2.38. The van der Waals surface area contributed by atoms with Crippen molar-refractivity contribution in [1.82, 2.24) is 24.5 Å². The van der Waals surface area contributed by atoms with Crippen molar-refractivity contribution in [2.75, 3.05) is 33.4 Å². The monoisotopic (exact) mass is 613 g/mol. The van der Waals surface area contributed by atoms with Gasteiger partial charge in [0.2, 0.25) is 5.91 Å². The van der Waals surface area contributed by atoms with E-state index in [9.17, 15) is 14.4 Å². The second-order valence-electron chi connectivity index (χ2n) is 14.2. The van der Waals surface area contributed by atoms with Crippen LogP contribution in [0.3, 0.4) is 0 Å². The summed E-state index contributed by atoms with van der Waals surface area (Å²) in [6, 6.07) is 3.17. The quantitative estimate of drug-likeness (QED) is 0.357. The number of carbonyl (C=O) groups excluding carboxylic acids is 3. The molecule has 0 spiro atoms. The Morgan fingerprint density at radius 1 is 1.00 bits per heavy atom. The second kappa shape index (κ2) is 12.9. The number of carbonyl (C=O) groups is 3. The first-order valence-electron chi connectivity index (χ1n) is 15.8. The van der Waals surface area contributed by atoms with Gasteiger partial charge in [0.25, 0.3) is 0 Å². The highest BCUT2D eigenvalue weighted by molar-refractivity contribution is 5.89. The number of amides is 3. The number of hydrogen-bond acceptors (Lipinski definition) is 7. The van der Waals surface area contributed by atoms with Crippen molar-refractivity contribution >= 4 is 29.0 Å². The van der Waals surface area contributed by atoms with Gasteiger partial charge in [-0.1, -0.05) is 6.07 Å².